The number of halogens is 1. The van der Waals surface area contributed by atoms with Crippen molar-refractivity contribution in [3.63, 3.8) is 0 Å². The van der Waals surface area contributed by atoms with E-state index in [9.17, 15) is 10.1 Å². The van der Waals surface area contributed by atoms with Crippen molar-refractivity contribution in [2.75, 3.05) is 5.32 Å². The summed E-state index contributed by atoms with van der Waals surface area (Å²) in [7, 11) is 0. The van der Waals surface area contributed by atoms with E-state index >= 15 is 0 Å². The topological polar surface area (TPSA) is 55.2 Å². The molecule has 0 spiro atoms. The Morgan fingerprint density at radius 3 is 2.83 bits per heavy atom. The van der Waals surface area contributed by atoms with Gasteiger partial charge in [-0.3, -0.25) is 10.1 Å². The maximum atomic E-state index is 11.0. The second-order valence-electron chi connectivity index (χ2n) is 3.84. The lowest BCUT2D eigenvalue weighted by Crippen LogP contribution is -2.07. The number of benzene rings is 1. The third-order valence-electron chi connectivity index (χ3n) is 2.57. The molecule has 0 aliphatic rings. The summed E-state index contributed by atoms with van der Waals surface area (Å²) in [4.78, 5) is 10.6. The third-order valence-corrected chi connectivity index (χ3v) is 3.77. The first-order chi connectivity index (χ1) is 8.58. The summed E-state index contributed by atoms with van der Waals surface area (Å²) in [6.07, 6.45) is 0. The number of thiophene rings is 1. The van der Waals surface area contributed by atoms with Crippen molar-refractivity contribution in [2.24, 2.45) is 0 Å². The molecule has 0 fully saturated rings. The summed E-state index contributed by atoms with van der Waals surface area (Å²) < 4.78 is 0.697. The zero-order valence-corrected chi connectivity index (χ0v) is 12.0. The number of hydrogen-bond donors (Lipinski definition) is 1. The van der Waals surface area contributed by atoms with E-state index in [4.69, 9.17) is 0 Å². The van der Waals surface area contributed by atoms with Crippen LogP contribution in [-0.2, 0) is 0 Å². The van der Waals surface area contributed by atoms with Crippen molar-refractivity contribution >= 4 is 38.6 Å². The van der Waals surface area contributed by atoms with Gasteiger partial charge in [0.2, 0.25) is 0 Å². The Labute approximate surface area is 117 Å². The lowest BCUT2D eigenvalue weighted by molar-refractivity contribution is -0.384. The molecule has 1 N–H and O–H groups in total. The number of nitro benzene ring substituents is 1. The summed E-state index contributed by atoms with van der Waals surface area (Å²) >= 11 is 4.85. The molecule has 0 saturated heterocycles. The highest BCUT2D eigenvalue weighted by Crippen LogP contribution is 2.31. The molecule has 0 saturated carbocycles. The zero-order valence-electron chi connectivity index (χ0n) is 9.59. The van der Waals surface area contributed by atoms with Crippen LogP contribution in [0.2, 0.25) is 0 Å². The van der Waals surface area contributed by atoms with Crippen LogP contribution in [0.5, 0.6) is 0 Å². The van der Waals surface area contributed by atoms with Gasteiger partial charge in [0, 0.05) is 16.6 Å². The molecule has 0 aliphatic carbocycles. The Kier molecular flexibility index (Phi) is 3.98. The van der Waals surface area contributed by atoms with Crippen molar-refractivity contribution in [1.82, 2.24) is 0 Å². The van der Waals surface area contributed by atoms with Gasteiger partial charge in [0.05, 0.1) is 4.92 Å². The number of nitro groups is 1. The van der Waals surface area contributed by atoms with Crippen LogP contribution in [0.4, 0.5) is 11.4 Å². The first-order valence-corrected chi connectivity index (χ1v) is 7.04. The molecule has 1 atom stereocenters. The van der Waals surface area contributed by atoms with Gasteiger partial charge in [0.25, 0.3) is 5.69 Å². The van der Waals surface area contributed by atoms with Crippen molar-refractivity contribution in [1.29, 1.82) is 0 Å². The summed E-state index contributed by atoms with van der Waals surface area (Å²) in [6.45, 7) is 1.98. The van der Waals surface area contributed by atoms with Crippen molar-refractivity contribution in [3.8, 4) is 0 Å². The Morgan fingerprint density at radius 2 is 2.22 bits per heavy atom. The lowest BCUT2D eigenvalue weighted by atomic mass is 10.1. The summed E-state index contributed by atoms with van der Waals surface area (Å²) in [6, 6.07) is 7.05. The van der Waals surface area contributed by atoms with Gasteiger partial charge in [-0.05, 0) is 41.4 Å². The van der Waals surface area contributed by atoms with Gasteiger partial charge in [-0.2, -0.15) is 11.3 Å². The average Bonchev–Trinajstić information content (AvgIpc) is 2.84. The number of hydrogen-bond acceptors (Lipinski definition) is 4. The Morgan fingerprint density at radius 1 is 1.44 bits per heavy atom. The standard InChI is InChI=1S/C12H11BrN2O2S/c1-8(9-4-5-18-7-9)14-11-3-2-10(13)6-12(11)15(16)17/h2-8,14H,1H3. The molecule has 1 heterocycles. The molecular weight excluding hydrogens is 316 g/mol. The molecule has 1 unspecified atom stereocenters. The molecule has 0 radical (unpaired) electrons. The minimum absolute atomic E-state index is 0.0381. The fourth-order valence-electron chi connectivity index (χ4n) is 1.62. The highest BCUT2D eigenvalue weighted by atomic mass is 79.9. The molecular formula is C12H11BrN2O2S. The van der Waals surface area contributed by atoms with E-state index in [2.05, 4.69) is 21.2 Å². The Hall–Kier alpha value is -1.40. The van der Waals surface area contributed by atoms with E-state index in [-0.39, 0.29) is 16.7 Å². The van der Waals surface area contributed by atoms with Crippen LogP contribution in [0.25, 0.3) is 0 Å². The van der Waals surface area contributed by atoms with Crippen molar-refractivity contribution < 1.29 is 4.92 Å². The molecule has 4 nitrogen and oxygen atoms in total. The lowest BCUT2D eigenvalue weighted by Gasteiger charge is -2.14. The predicted octanol–water partition coefficient (Wildman–Crippen LogP) is 4.59. The third kappa shape index (κ3) is 2.88. The summed E-state index contributed by atoms with van der Waals surface area (Å²) in [5.41, 5.74) is 1.73. The van der Waals surface area contributed by atoms with E-state index < -0.39 is 0 Å². The van der Waals surface area contributed by atoms with Crippen LogP contribution in [0.1, 0.15) is 18.5 Å². The van der Waals surface area contributed by atoms with Gasteiger partial charge < -0.3 is 5.32 Å². The minimum Gasteiger partial charge on any atom is -0.373 e. The van der Waals surface area contributed by atoms with Gasteiger partial charge in [-0.15, -0.1) is 0 Å². The van der Waals surface area contributed by atoms with E-state index in [1.165, 1.54) is 6.07 Å². The van der Waals surface area contributed by atoms with Gasteiger partial charge in [0.15, 0.2) is 0 Å². The quantitative estimate of drug-likeness (QED) is 0.660. The van der Waals surface area contributed by atoms with Gasteiger partial charge in [-0.1, -0.05) is 15.9 Å². The van der Waals surface area contributed by atoms with E-state index in [1.807, 2.05) is 23.8 Å². The maximum absolute atomic E-state index is 11.0. The smallest absolute Gasteiger partial charge is 0.293 e. The molecule has 1 aromatic carbocycles. The Bertz CT molecular complexity index is 557. The van der Waals surface area contributed by atoms with Crippen LogP contribution >= 0.6 is 27.3 Å². The number of nitrogens with zero attached hydrogens (tertiary/aromatic N) is 1. The van der Waals surface area contributed by atoms with Crippen molar-refractivity contribution in [3.05, 3.63) is 55.2 Å². The number of rotatable bonds is 4. The highest BCUT2D eigenvalue weighted by Gasteiger charge is 2.16. The van der Waals surface area contributed by atoms with Crippen molar-refractivity contribution in [2.45, 2.75) is 13.0 Å². The first kappa shape index (κ1) is 13.0. The van der Waals surface area contributed by atoms with Crippen LogP contribution in [-0.4, -0.2) is 4.92 Å². The van der Waals surface area contributed by atoms with Gasteiger partial charge in [-0.25, -0.2) is 0 Å². The molecule has 18 heavy (non-hydrogen) atoms. The number of nitrogens with one attached hydrogen (secondary N) is 1. The second-order valence-corrected chi connectivity index (χ2v) is 5.54. The van der Waals surface area contributed by atoms with Crippen LogP contribution in [0, 0.1) is 10.1 Å². The molecule has 0 amide bonds. The average molecular weight is 327 g/mol. The molecule has 6 heteroatoms. The minimum atomic E-state index is -0.382. The Balaban J connectivity index is 2.26. The van der Waals surface area contributed by atoms with E-state index in [0.29, 0.717) is 10.2 Å². The second kappa shape index (κ2) is 5.49. The molecule has 0 bridgehead atoms. The summed E-state index contributed by atoms with van der Waals surface area (Å²) in [5, 5.41) is 18.2. The molecule has 2 rings (SSSR count). The normalized spacial score (nSPS) is 12.1. The highest BCUT2D eigenvalue weighted by molar-refractivity contribution is 9.10. The fraction of sp³-hybridized carbons (Fsp3) is 0.167. The van der Waals surface area contributed by atoms with Crippen LogP contribution in [0.3, 0.4) is 0 Å². The SMILES string of the molecule is CC(Nc1ccc(Br)cc1[N+](=O)[O-])c1ccsc1. The molecule has 2 aromatic rings. The largest absolute Gasteiger partial charge is 0.373 e. The molecule has 94 valence electrons. The fourth-order valence-corrected chi connectivity index (χ4v) is 2.72. The maximum Gasteiger partial charge on any atom is 0.293 e. The zero-order chi connectivity index (χ0) is 13.1. The monoisotopic (exact) mass is 326 g/mol. The summed E-state index contributed by atoms with van der Waals surface area (Å²) in [5.74, 6) is 0. The van der Waals surface area contributed by atoms with Gasteiger partial charge >= 0.3 is 0 Å². The van der Waals surface area contributed by atoms with E-state index in [1.54, 1.807) is 23.5 Å². The molecule has 1 aromatic heterocycles. The predicted molar refractivity (Wildman–Crippen MR) is 77.2 cm³/mol. The van der Waals surface area contributed by atoms with Crippen LogP contribution in [0.15, 0.2) is 39.5 Å². The number of anilines is 1. The van der Waals surface area contributed by atoms with E-state index in [0.717, 1.165) is 5.56 Å². The van der Waals surface area contributed by atoms with Gasteiger partial charge in [0.1, 0.15) is 5.69 Å². The first-order valence-electron chi connectivity index (χ1n) is 5.30. The van der Waals surface area contributed by atoms with Crippen LogP contribution < -0.4 is 5.32 Å². The molecule has 0 aliphatic heterocycles.